The molecule has 0 bridgehead atoms. The van der Waals surface area contributed by atoms with Gasteiger partial charge in [0.2, 0.25) is 0 Å². The van der Waals surface area contributed by atoms with Gasteiger partial charge in [-0.05, 0) is 54.9 Å². The quantitative estimate of drug-likeness (QED) is 0.784. The lowest BCUT2D eigenvalue weighted by Crippen LogP contribution is -2.21. The highest BCUT2D eigenvalue weighted by Crippen LogP contribution is 2.29. The maximum atomic E-state index is 6.04. The summed E-state index contributed by atoms with van der Waals surface area (Å²) in [7, 11) is 1.71. The van der Waals surface area contributed by atoms with Crippen LogP contribution in [-0.4, -0.2) is 19.8 Å². The topological polar surface area (TPSA) is 44.5 Å². The Kier molecular flexibility index (Phi) is 5.23. The van der Waals surface area contributed by atoms with Crippen LogP contribution in [0.3, 0.4) is 0 Å². The van der Waals surface area contributed by atoms with Crippen molar-refractivity contribution in [2.45, 2.75) is 45.3 Å². The average Bonchev–Trinajstić information content (AvgIpc) is 3.23. The number of ether oxygens (including phenoxy) is 2. The Labute approximate surface area is 116 Å². The first-order valence-corrected chi connectivity index (χ1v) is 7.22. The number of methoxy groups -OCH3 is 1. The van der Waals surface area contributed by atoms with Gasteiger partial charge in [0, 0.05) is 12.6 Å². The minimum absolute atomic E-state index is 0.191. The highest BCUT2D eigenvalue weighted by molar-refractivity contribution is 5.37. The highest BCUT2D eigenvalue weighted by Gasteiger charge is 2.21. The summed E-state index contributed by atoms with van der Waals surface area (Å²) >= 11 is 0. The van der Waals surface area contributed by atoms with Gasteiger partial charge in [0.25, 0.3) is 0 Å². The Balaban J connectivity index is 1.96. The van der Waals surface area contributed by atoms with Crippen molar-refractivity contribution in [1.29, 1.82) is 0 Å². The molecule has 19 heavy (non-hydrogen) atoms. The summed E-state index contributed by atoms with van der Waals surface area (Å²) in [4.78, 5) is 0. The lowest BCUT2D eigenvalue weighted by molar-refractivity contribution is 0.111. The zero-order chi connectivity index (χ0) is 13.7. The van der Waals surface area contributed by atoms with Crippen molar-refractivity contribution in [1.82, 2.24) is 0 Å². The molecule has 1 aliphatic rings. The fraction of sp³-hybridized carbons (Fsp3) is 0.625. The minimum Gasteiger partial charge on any atom is -0.496 e. The first kappa shape index (κ1) is 14.4. The SMILES string of the molecule is CCC(N)Cc1cc(COCC2CC2)ccc1OC. The molecule has 1 aromatic carbocycles. The molecular formula is C16H25NO2. The first-order chi connectivity index (χ1) is 9.22. The molecule has 2 rings (SSSR count). The summed E-state index contributed by atoms with van der Waals surface area (Å²) in [6.07, 6.45) is 4.50. The van der Waals surface area contributed by atoms with Crippen LogP contribution < -0.4 is 10.5 Å². The van der Waals surface area contributed by atoms with E-state index in [0.717, 1.165) is 31.1 Å². The zero-order valence-corrected chi connectivity index (χ0v) is 12.0. The van der Waals surface area contributed by atoms with Crippen molar-refractivity contribution in [3.05, 3.63) is 29.3 Å². The molecule has 0 heterocycles. The standard InChI is InChI=1S/C16H25NO2/c1-3-15(17)9-14-8-13(6-7-16(14)18-2)11-19-10-12-4-5-12/h6-8,12,15H,3-5,9-11,17H2,1-2H3. The summed E-state index contributed by atoms with van der Waals surface area (Å²) in [5, 5.41) is 0. The summed E-state index contributed by atoms with van der Waals surface area (Å²) < 4.78 is 11.1. The van der Waals surface area contributed by atoms with E-state index in [0.29, 0.717) is 6.61 Å². The monoisotopic (exact) mass is 263 g/mol. The van der Waals surface area contributed by atoms with Gasteiger partial charge in [0.05, 0.1) is 13.7 Å². The Hall–Kier alpha value is -1.06. The number of hydrogen-bond acceptors (Lipinski definition) is 3. The number of rotatable bonds is 8. The van der Waals surface area contributed by atoms with Crippen LogP contribution in [0.1, 0.15) is 37.3 Å². The van der Waals surface area contributed by atoms with Gasteiger partial charge in [0.1, 0.15) is 5.75 Å². The molecule has 1 saturated carbocycles. The number of hydrogen-bond donors (Lipinski definition) is 1. The summed E-state index contributed by atoms with van der Waals surface area (Å²) in [5.74, 6) is 1.74. The Bertz CT molecular complexity index is 402. The van der Waals surface area contributed by atoms with Crippen LogP contribution in [0.5, 0.6) is 5.75 Å². The Morgan fingerprint density at radius 2 is 2.16 bits per heavy atom. The smallest absolute Gasteiger partial charge is 0.122 e. The van der Waals surface area contributed by atoms with Crippen LogP contribution in [0.4, 0.5) is 0 Å². The number of benzene rings is 1. The molecule has 1 fully saturated rings. The number of nitrogens with two attached hydrogens (primary N) is 1. The van der Waals surface area contributed by atoms with Crippen molar-refractivity contribution in [3.8, 4) is 5.75 Å². The summed E-state index contributed by atoms with van der Waals surface area (Å²) in [6, 6.07) is 6.46. The van der Waals surface area contributed by atoms with Crippen LogP contribution in [0.15, 0.2) is 18.2 Å². The van der Waals surface area contributed by atoms with E-state index in [4.69, 9.17) is 15.2 Å². The third kappa shape index (κ3) is 4.51. The predicted octanol–water partition coefficient (Wildman–Crippen LogP) is 2.90. The van der Waals surface area contributed by atoms with Crippen molar-refractivity contribution >= 4 is 0 Å². The van der Waals surface area contributed by atoms with E-state index in [-0.39, 0.29) is 6.04 Å². The molecule has 0 spiro atoms. The Morgan fingerprint density at radius 1 is 1.37 bits per heavy atom. The van der Waals surface area contributed by atoms with Gasteiger partial charge in [-0.3, -0.25) is 0 Å². The summed E-state index contributed by atoms with van der Waals surface area (Å²) in [5.41, 5.74) is 8.43. The third-order valence-corrected chi connectivity index (χ3v) is 3.67. The highest BCUT2D eigenvalue weighted by atomic mass is 16.5. The van der Waals surface area contributed by atoms with Crippen LogP contribution in [0, 0.1) is 5.92 Å². The van der Waals surface area contributed by atoms with Crippen molar-refractivity contribution in [2.75, 3.05) is 13.7 Å². The summed E-state index contributed by atoms with van der Waals surface area (Å²) in [6.45, 7) is 3.70. The van der Waals surface area contributed by atoms with Crippen LogP contribution in [0.2, 0.25) is 0 Å². The molecule has 2 N–H and O–H groups in total. The second kappa shape index (κ2) is 6.92. The third-order valence-electron chi connectivity index (χ3n) is 3.67. The van der Waals surface area contributed by atoms with Gasteiger partial charge in [-0.15, -0.1) is 0 Å². The normalized spacial score (nSPS) is 16.4. The molecule has 0 aromatic heterocycles. The van der Waals surface area contributed by atoms with Crippen LogP contribution in [0.25, 0.3) is 0 Å². The first-order valence-electron chi connectivity index (χ1n) is 7.22. The van der Waals surface area contributed by atoms with Gasteiger partial charge >= 0.3 is 0 Å². The molecule has 1 atom stereocenters. The molecule has 3 heteroatoms. The maximum Gasteiger partial charge on any atom is 0.122 e. The van der Waals surface area contributed by atoms with E-state index in [1.165, 1.54) is 24.0 Å². The van der Waals surface area contributed by atoms with E-state index in [1.807, 2.05) is 6.07 Å². The lowest BCUT2D eigenvalue weighted by Gasteiger charge is -2.14. The second-order valence-corrected chi connectivity index (χ2v) is 5.48. The van der Waals surface area contributed by atoms with E-state index >= 15 is 0 Å². The van der Waals surface area contributed by atoms with Crippen molar-refractivity contribution < 1.29 is 9.47 Å². The van der Waals surface area contributed by atoms with E-state index in [1.54, 1.807) is 7.11 Å². The predicted molar refractivity (Wildman–Crippen MR) is 77.3 cm³/mol. The van der Waals surface area contributed by atoms with E-state index in [9.17, 15) is 0 Å². The molecule has 106 valence electrons. The second-order valence-electron chi connectivity index (χ2n) is 5.48. The molecule has 1 aliphatic carbocycles. The van der Waals surface area contributed by atoms with Gasteiger partial charge < -0.3 is 15.2 Å². The van der Waals surface area contributed by atoms with Crippen molar-refractivity contribution in [2.24, 2.45) is 11.7 Å². The molecule has 1 aromatic rings. The van der Waals surface area contributed by atoms with Gasteiger partial charge in [-0.25, -0.2) is 0 Å². The average molecular weight is 263 g/mol. The molecule has 0 amide bonds. The minimum atomic E-state index is 0.191. The van der Waals surface area contributed by atoms with Gasteiger partial charge in [-0.2, -0.15) is 0 Å². The van der Waals surface area contributed by atoms with Crippen molar-refractivity contribution in [3.63, 3.8) is 0 Å². The van der Waals surface area contributed by atoms with Crippen LogP contribution >= 0.6 is 0 Å². The molecule has 1 unspecified atom stereocenters. The molecule has 0 radical (unpaired) electrons. The van der Waals surface area contributed by atoms with E-state index < -0.39 is 0 Å². The maximum absolute atomic E-state index is 6.04. The largest absolute Gasteiger partial charge is 0.496 e. The van der Waals surface area contributed by atoms with Gasteiger partial charge in [-0.1, -0.05) is 13.0 Å². The molecule has 0 aliphatic heterocycles. The van der Waals surface area contributed by atoms with E-state index in [2.05, 4.69) is 19.1 Å². The fourth-order valence-electron chi connectivity index (χ4n) is 2.14. The Morgan fingerprint density at radius 3 is 2.79 bits per heavy atom. The van der Waals surface area contributed by atoms with Gasteiger partial charge in [0.15, 0.2) is 0 Å². The van der Waals surface area contributed by atoms with Crippen LogP contribution in [-0.2, 0) is 17.8 Å². The zero-order valence-electron chi connectivity index (χ0n) is 12.0. The molecule has 3 nitrogen and oxygen atoms in total. The fourth-order valence-corrected chi connectivity index (χ4v) is 2.14. The molecule has 0 saturated heterocycles. The molecular weight excluding hydrogens is 238 g/mol. The lowest BCUT2D eigenvalue weighted by atomic mass is 10.0.